The number of likely N-dealkylation sites (N-methyl/N-ethyl adjacent to an activating group) is 1. The zero-order chi connectivity index (χ0) is 18.1. The number of methoxy groups -OCH3 is 1. The average Bonchev–Trinajstić information content (AvgIpc) is 2.66. The molecule has 3 nitrogen and oxygen atoms in total. The number of hydrogen-bond donors (Lipinski definition) is 0. The molecular formula is C22H31NO2. The standard InChI is InChI=1S/C22H31NO2/c1-5-23(6-2)15-16-25-22-11-7-19(8-12-22)17-18(3)20-9-13-21(24-4)14-10-20/h7-14,18H,5-6,15-17H2,1-4H3. The lowest BCUT2D eigenvalue weighted by molar-refractivity contribution is 0.223. The Morgan fingerprint density at radius 2 is 1.48 bits per heavy atom. The third-order valence-corrected chi connectivity index (χ3v) is 4.72. The number of benzene rings is 2. The molecule has 1 unspecified atom stereocenters. The van der Waals surface area contributed by atoms with Crippen LogP contribution in [-0.4, -0.2) is 38.3 Å². The van der Waals surface area contributed by atoms with Crippen molar-refractivity contribution in [3.8, 4) is 11.5 Å². The van der Waals surface area contributed by atoms with Gasteiger partial charge in [-0.05, 0) is 60.8 Å². The molecule has 0 aliphatic rings. The van der Waals surface area contributed by atoms with Crippen molar-refractivity contribution in [1.82, 2.24) is 4.90 Å². The van der Waals surface area contributed by atoms with E-state index in [1.54, 1.807) is 7.11 Å². The molecule has 2 aromatic rings. The Bertz CT molecular complexity index is 603. The summed E-state index contributed by atoms with van der Waals surface area (Å²) in [5.74, 6) is 2.33. The highest BCUT2D eigenvalue weighted by Crippen LogP contribution is 2.23. The minimum Gasteiger partial charge on any atom is -0.497 e. The first-order valence-corrected chi connectivity index (χ1v) is 9.24. The van der Waals surface area contributed by atoms with Crippen LogP contribution in [0.15, 0.2) is 48.5 Å². The van der Waals surface area contributed by atoms with Gasteiger partial charge in [0.15, 0.2) is 0 Å². The Kier molecular flexibility index (Phi) is 7.80. The normalized spacial score (nSPS) is 12.2. The molecule has 0 saturated heterocycles. The first-order valence-electron chi connectivity index (χ1n) is 9.24. The fourth-order valence-electron chi connectivity index (χ4n) is 2.96. The summed E-state index contributed by atoms with van der Waals surface area (Å²) in [6.07, 6.45) is 1.02. The molecule has 0 aliphatic heterocycles. The molecule has 0 spiro atoms. The lowest BCUT2D eigenvalue weighted by Crippen LogP contribution is -2.27. The lowest BCUT2D eigenvalue weighted by Gasteiger charge is -2.18. The Hall–Kier alpha value is -2.00. The molecule has 0 N–H and O–H groups in total. The molecule has 0 bridgehead atoms. The fourth-order valence-corrected chi connectivity index (χ4v) is 2.96. The van der Waals surface area contributed by atoms with Gasteiger partial charge in [0, 0.05) is 6.54 Å². The first-order chi connectivity index (χ1) is 12.2. The van der Waals surface area contributed by atoms with Crippen LogP contribution >= 0.6 is 0 Å². The van der Waals surface area contributed by atoms with Gasteiger partial charge in [-0.3, -0.25) is 0 Å². The average molecular weight is 341 g/mol. The van der Waals surface area contributed by atoms with Crippen molar-refractivity contribution in [2.24, 2.45) is 0 Å². The molecule has 0 aliphatic carbocycles. The summed E-state index contributed by atoms with van der Waals surface area (Å²) in [6, 6.07) is 16.9. The summed E-state index contributed by atoms with van der Waals surface area (Å²) in [7, 11) is 1.70. The lowest BCUT2D eigenvalue weighted by atomic mass is 9.94. The second kappa shape index (κ2) is 10.1. The molecule has 1 atom stereocenters. The molecule has 25 heavy (non-hydrogen) atoms. The quantitative estimate of drug-likeness (QED) is 0.622. The van der Waals surface area contributed by atoms with Gasteiger partial charge in [-0.15, -0.1) is 0 Å². The smallest absolute Gasteiger partial charge is 0.119 e. The maximum atomic E-state index is 5.85. The molecule has 136 valence electrons. The molecule has 0 amide bonds. The van der Waals surface area contributed by atoms with Crippen LogP contribution in [0.4, 0.5) is 0 Å². The van der Waals surface area contributed by atoms with Crippen molar-refractivity contribution in [2.45, 2.75) is 33.1 Å². The van der Waals surface area contributed by atoms with Crippen LogP contribution in [0.25, 0.3) is 0 Å². The minimum absolute atomic E-state index is 0.473. The molecule has 0 heterocycles. The number of rotatable bonds is 10. The first kappa shape index (κ1) is 19.3. The van der Waals surface area contributed by atoms with Gasteiger partial charge in [-0.2, -0.15) is 0 Å². The summed E-state index contributed by atoms with van der Waals surface area (Å²) >= 11 is 0. The summed E-state index contributed by atoms with van der Waals surface area (Å²) in [6.45, 7) is 10.5. The third kappa shape index (κ3) is 6.09. The summed E-state index contributed by atoms with van der Waals surface area (Å²) < 4.78 is 11.1. The number of hydrogen-bond acceptors (Lipinski definition) is 3. The van der Waals surface area contributed by atoms with Crippen LogP contribution in [0, 0.1) is 0 Å². The highest BCUT2D eigenvalue weighted by molar-refractivity contribution is 5.32. The van der Waals surface area contributed by atoms with Crippen LogP contribution < -0.4 is 9.47 Å². The molecule has 3 heteroatoms. The fraction of sp³-hybridized carbons (Fsp3) is 0.455. The molecule has 0 saturated carbocycles. The van der Waals surface area contributed by atoms with Crippen molar-refractivity contribution in [3.63, 3.8) is 0 Å². The van der Waals surface area contributed by atoms with E-state index in [0.717, 1.165) is 44.2 Å². The van der Waals surface area contributed by atoms with Crippen molar-refractivity contribution in [3.05, 3.63) is 59.7 Å². The Morgan fingerprint density at radius 3 is 2.04 bits per heavy atom. The van der Waals surface area contributed by atoms with Crippen molar-refractivity contribution in [1.29, 1.82) is 0 Å². The van der Waals surface area contributed by atoms with E-state index in [1.807, 2.05) is 12.1 Å². The molecule has 2 aromatic carbocycles. The van der Waals surface area contributed by atoms with Crippen molar-refractivity contribution >= 4 is 0 Å². The zero-order valence-electron chi connectivity index (χ0n) is 16.0. The van der Waals surface area contributed by atoms with Gasteiger partial charge in [-0.25, -0.2) is 0 Å². The predicted molar refractivity (Wildman–Crippen MR) is 105 cm³/mol. The molecule has 0 radical (unpaired) electrons. The zero-order valence-corrected chi connectivity index (χ0v) is 16.0. The van der Waals surface area contributed by atoms with E-state index in [4.69, 9.17) is 9.47 Å². The second-order valence-electron chi connectivity index (χ2n) is 6.40. The SMILES string of the molecule is CCN(CC)CCOc1ccc(CC(C)c2ccc(OC)cc2)cc1. The maximum Gasteiger partial charge on any atom is 0.119 e. The van der Waals surface area contributed by atoms with E-state index >= 15 is 0 Å². The molecule has 0 aromatic heterocycles. The molecule has 0 fully saturated rings. The van der Waals surface area contributed by atoms with E-state index in [-0.39, 0.29) is 0 Å². The van der Waals surface area contributed by atoms with E-state index in [9.17, 15) is 0 Å². The van der Waals surface area contributed by atoms with Crippen LogP contribution in [0.1, 0.15) is 37.8 Å². The summed E-state index contributed by atoms with van der Waals surface area (Å²) in [5, 5.41) is 0. The summed E-state index contributed by atoms with van der Waals surface area (Å²) in [5.41, 5.74) is 2.67. The van der Waals surface area contributed by atoms with Crippen molar-refractivity contribution in [2.75, 3.05) is 33.4 Å². The van der Waals surface area contributed by atoms with Crippen LogP contribution in [-0.2, 0) is 6.42 Å². The van der Waals surface area contributed by atoms with Crippen LogP contribution in [0.3, 0.4) is 0 Å². The van der Waals surface area contributed by atoms with Crippen molar-refractivity contribution < 1.29 is 9.47 Å². The molecular weight excluding hydrogens is 310 g/mol. The summed E-state index contributed by atoms with van der Waals surface area (Å²) in [4.78, 5) is 2.37. The Morgan fingerprint density at radius 1 is 0.880 bits per heavy atom. The van der Waals surface area contributed by atoms with Crippen LogP contribution in [0.5, 0.6) is 11.5 Å². The third-order valence-electron chi connectivity index (χ3n) is 4.72. The largest absolute Gasteiger partial charge is 0.497 e. The van der Waals surface area contributed by atoms with Gasteiger partial charge in [-0.1, -0.05) is 45.0 Å². The van der Waals surface area contributed by atoms with Gasteiger partial charge < -0.3 is 14.4 Å². The van der Waals surface area contributed by atoms with Gasteiger partial charge in [0.2, 0.25) is 0 Å². The van der Waals surface area contributed by atoms with E-state index in [1.165, 1.54) is 11.1 Å². The maximum absolute atomic E-state index is 5.85. The van der Waals surface area contributed by atoms with E-state index in [0.29, 0.717) is 5.92 Å². The molecule has 2 rings (SSSR count). The number of ether oxygens (including phenoxy) is 2. The van der Waals surface area contributed by atoms with Gasteiger partial charge in [0.05, 0.1) is 7.11 Å². The highest BCUT2D eigenvalue weighted by atomic mass is 16.5. The predicted octanol–water partition coefficient (Wildman–Crippen LogP) is 4.76. The topological polar surface area (TPSA) is 21.7 Å². The van der Waals surface area contributed by atoms with Gasteiger partial charge in [0.25, 0.3) is 0 Å². The minimum atomic E-state index is 0.473. The van der Waals surface area contributed by atoms with E-state index < -0.39 is 0 Å². The van der Waals surface area contributed by atoms with Gasteiger partial charge in [0.1, 0.15) is 18.1 Å². The number of nitrogens with zero attached hydrogens (tertiary/aromatic N) is 1. The van der Waals surface area contributed by atoms with E-state index in [2.05, 4.69) is 62.1 Å². The van der Waals surface area contributed by atoms with Crippen LogP contribution in [0.2, 0.25) is 0 Å². The Labute approximate surface area is 152 Å². The Balaban J connectivity index is 1.84. The van der Waals surface area contributed by atoms with Gasteiger partial charge >= 0.3 is 0 Å². The monoisotopic (exact) mass is 341 g/mol. The highest BCUT2D eigenvalue weighted by Gasteiger charge is 2.07. The second-order valence-corrected chi connectivity index (χ2v) is 6.40.